The molecule has 0 fully saturated rings. The van der Waals surface area contributed by atoms with Crippen molar-refractivity contribution in [3.63, 3.8) is 0 Å². The fourth-order valence-corrected chi connectivity index (χ4v) is 7.19. The molecular formula is C30H41N3O6S2Si. The highest BCUT2D eigenvalue weighted by Gasteiger charge is 2.37. The van der Waals surface area contributed by atoms with Crippen molar-refractivity contribution >= 4 is 41.5 Å². The first kappa shape index (κ1) is 33.4. The zero-order chi connectivity index (χ0) is 31.3. The minimum Gasteiger partial charge on any atom is -0.444 e. The minimum absolute atomic E-state index is 0.00262. The number of amides is 2. The number of ether oxygens (including phenoxy) is 1. The lowest BCUT2D eigenvalue weighted by atomic mass is 10.0. The monoisotopic (exact) mass is 631 g/mol. The van der Waals surface area contributed by atoms with E-state index in [1.807, 2.05) is 30.3 Å². The number of thiazole rings is 1. The standard InChI is InChI=1S/C30H41N3O6S2Si/c1-29(2,3)39-28(35)33-19-25-32-20-26(40-25)41(36,37)24-17-22(21-12-10-9-11-13-21)16-23(18-24)27(34)31-14-15-38-42(7,8)30(4,5)6/h9-13,16-18,20H,14-15,19H2,1-8H3,(H,31,34)(H,33,35). The predicted octanol–water partition coefficient (Wildman–Crippen LogP) is 6.42. The van der Waals surface area contributed by atoms with Gasteiger partial charge >= 0.3 is 6.09 Å². The number of carbonyl (C=O) groups is 2. The van der Waals surface area contributed by atoms with Crippen LogP contribution < -0.4 is 10.6 Å². The van der Waals surface area contributed by atoms with Gasteiger partial charge in [-0.05, 0) is 68.2 Å². The second kappa shape index (κ2) is 13.1. The van der Waals surface area contributed by atoms with Crippen LogP contribution in [-0.2, 0) is 25.5 Å². The number of nitrogens with zero attached hydrogens (tertiary/aromatic N) is 1. The lowest BCUT2D eigenvalue weighted by molar-refractivity contribution is 0.0523. The summed E-state index contributed by atoms with van der Waals surface area (Å²) in [5, 5.41) is 5.91. The second-order valence-electron chi connectivity index (χ2n) is 12.4. The third kappa shape index (κ3) is 8.97. The van der Waals surface area contributed by atoms with Gasteiger partial charge in [-0.25, -0.2) is 18.2 Å². The topological polar surface area (TPSA) is 124 Å². The highest BCUT2D eigenvalue weighted by atomic mass is 32.2. The molecule has 1 heterocycles. The fraction of sp³-hybridized carbons (Fsp3) is 0.433. The van der Waals surface area contributed by atoms with E-state index in [0.717, 1.165) is 16.9 Å². The number of hydrogen-bond acceptors (Lipinski definition) is 8. The predicted molar refractivity (Wildman–Crippen MR) is 168 cm³/mol. The molecule has 0 bridgehead atoms. The van der Waals surface area contributed by atoms with Gasteiger partial charge < -0.3 is 19.8 Å². The van der Waals surface area contributed by atoms with Crippen LogP contribution in [0.15, 0.2) is 63.8 Å². The maximum Gasteiger partial charge on any atom is 0.408 e. The zero-order valence-corrected chi connectivity index (χ0v) is 28.2. The molecule has 1 aromatic heterocycles. The molecule has 3 rings (SSSR count). The van der Waals surface area contributed by atoms with E-state index in [9.17, 15) is 18.0 Å². The van der Waals surface area contributed by atoms with Crippen molar-refractivity contribution in [2.75, 3.05) is 13.2 Å². The molecule has 42 heavy (non-hydrogen) atoms. The quantitative estimate of drug-likeness (QED) is 0.196. The number of rotatable bonds is 10. The number of aromatic nitrogens is 1. The van der Waals surface area contributed by atoms with Crippen molar-refractivity contribution in [2.45, 2.75) is 80.9 Å². The van der Waals surface area contributed by atoms with Crippen molar-refractivity contribution in [1.82, 2.24) is 15.6 Å². The Morgan fingerprint density at radius 1 is 0.952 bits per heavy atom. The third-order valence-electron chi connectivity index (χ3n) is 6.82. The average Bonchev–Trinajstić information content (AvgIpc) is 3.38. The van der Waals surface area contributed by atoms with Gasteiger partial charge in [-0.15, -0.1) is 11.3 Å². The third-order valence-corrected chi connectivity index (χ3v) is 14.6. The average molecular weight is 632 g/mol. The maximum atomic E-state index is 13.7. The Bertz CT molecular complexity index is 1510. The second-order valence-corrected chi connectivity index (χ2v) is 20.5. The summed E-state index contributed by atoms with van der Waals surface area (Å²) in [7, 11) is -5.99. The molecule has 0 aliphatic heterocycles. The first-order chi connectivity index (χ1) is 19.4. The maximum absolute atomic E-state index is 13.7. The molecule has 0 aliphatic carbocycles. The Hall–Kier alpha value is -3.06. The van der Waals surface area contributed by atoms with Crippen molar-refractivity contribution in [1.29, 1.82) is 0 Å². The Morgan fingerprint density at radius 3 is 2.24 bits per heavy atom. The van der Waals surface area contributed by atoms with E-state index in [0.29, 0.717) is 23.7 Å². The van der Waals surface area contributed by atoms with Gasteiger partial charge in [-0.1, -0.05) is 51.1 Å². The van der Waals surface area contributed by atoms with Crippen molar-refractivity contribution < 1.29 is 27.2 Å². The van der Waals surface area contributed by atoms with Crippen LogP contribution in [0.1, 0.15) is 56.9 Å². The molecule has 2 N–H and O–H groups in total. The smallest absolute Gasteiger partial charge is 0.408 e. The molecule has 9 nitrogen and oxygen atoms in total. The van der Waals surface area contributed by atoms with E-state index < -0.39 is 35.8 Å². The van der Waals surface area contributed by atoms with Gasteiger partial charge in [0, 0.05) is 12.1 Å². The number of nitrogens with one attached hydrogen (secondary N) is 2. The normalized spacial score (nSPS) is 12.6. The Balaban J connectivity index is 1.84. The number of alkyl carbamates (subject to hydrolysis) is 1. The Morgan fingerprint density at radius 2 is 1.62 bits per heavy atom. The number of benzene rings is 2. The summed E-state index contributed by atoms with van der Waals surface area (Å²) < 4.78 is 38.8. The molecular weight excluding hydrogens is 591 g/mol. The fourth-order valence-electron chi connectivity index (χ4n) is 3.55. The van der Waals surface area contributed by atoms with Gasteiger partial charge in [-0.2, -0.15) is 0 Å². The Labute approximate surface area is 254 Å². The highest BCUT2D eigenvalue weighted by molar-refractivity contribution is 7.93. The van der Waals surface area contributed by atoms with Crippen LogP contribution in [0.2, 0.25) is 18.1 Å². The van der Waals surface area contributed by atoms with E-state index in [4.69, 9.17) is 9.16 Å². The first-order valence-corrected chi connectivity index (χ1v) is 18.9. The molecule has 3 aromatic rings. The zero-order valence-electron chi connectivity index (χ0n) is 25.5. The van der Waals surface area contributed by atoms with Gasteiger partial charge in [-0.3, -0.25) is 4.79 Å². The summed E-state index contributed by atoms with van der Waals surface area (Å²) in [6.07, 6.45) is 0.641. The van der Waals surface area contributed by atoms with E-state index in [1.54, 1.807) is 32.9 Å². The summed E-state index contributed by atoms with van der Waals surface area (Å²) >= 11 is 0.949. The van der Waals surface area contributed by atoms with Gasteiger partial charge in [0.25, 0.3) is 5.91 Å². The lowest BCUT2D eigenvalue weighted by Crippen LogP contribution is -2.42. The highest BCUT2D eigenvalue weighted by Crippen LogP contribution is 2.36. The molecule has 12 heteroatoms. The molecule has 0 radical (unpaired) electrons. The van der Waals surface area contributed by atoms with E-state index in [1.165, 1.54) is 12.3 Å². The molecule has 0 saturated carbocycles. The molecule has 0 aliphatic rings. The van der Waals surface area contributed by atoms with Crippen molar-refractivity contribution in [3.8, 4) is 11.1 Å². The minimum atomic E-state index is -4.02. The number of sulfone groups is 1. The number of hydrogen-bond donors (Lipinski definition) is 2. The van der Waals surface area contributed by atoms with E-state index in [-0.39, 0.29) is 26.3 Å². The largest absolute Gasteiger partial charge is 0.444 e. The molecule has 2 aromatic carbocycles. The van der Waals surface area contributed by atoms with Crippen molar-refractivity contribution in [2.24, 2.45) is 0 Å². The van der Waals surface area contributed by atoms with Crippen LogP contribution in [0.4, 0.5) is 4.79 Å². The summed E-state index contributed by atoms with van der Waals surface area (Å²) in [6, 6.07) is 13.9. The molecule has 2 amide bonds. The van der Waals surface area contributed by atoms with E-state index >= 15 is 0 Å². The summed E-state index contributed by atoms with van der Waals surface area (Å²) in [5.74, 6) is -0.394. The molecule has 0 unspecified atom stereocenters. The van der Waals surface area contributed by atoms with Crippen LogP contribution in [0, 0.1) is 0 Å². The molecule has 0 saturated heterocycles. The van der Waals surface area contributed by atoms with Crippen LogP contribution >= 0.6 is 11.3 Å². The molecule has 228 valence electrons. The summed E-state index contributed by atoms with van der Waals surface area (Å²) in [5.41, 5.74) is 0.929. The lowest BCUT2D eigenvalue weighted by Gasteiger charge is -2.36. The summed E-state index contributed by atoms with van der Waals surface area (Å²) in [4.78, 5) is 29.4. The SMILES string of the molecule is CC(C)(C)OC(=O)NCc1ncc(S(=O)(=O)c2cc(C(=O)NCCO[Si](C)(C)C(C)(C)C)cc(-c3ccccc3)c2)s1. The van der Waals surface area contributed by atoms with Gasteiger partial charge in [0.05, 0.1) is 24.2 Å². The first-order valence-electron chi connectivity index (χ1n) is 13.7. The van der Waals surface area contributed by atoms with Crippen LogP contribution in [0.25, 0.3) is 11.1 Å². The van der Waals surface area contributed by atoms with Gasteiger partial charge in [0.1, 0.15) is 14.8 Å². The van der Waals surface area contributed by atoms with Crippen molar-refractivity contribution in [3.05, 3.63) is 65.3 Å². The van der Waals surface area contributed by atoms with E-state index in [2.05, 4.69) is 49.5 Å². The number of carbonyl (C=O) groups excluding carboxylic acids is 2. The van der Waals surface area contributed by atoms with Gasteiger partial charge in [0.15, 0.2) is 8.32 Å². The Kier molecular flexibility index (Phi) is 10.4. The summed E-state index contributed by atoms with van der Waals surface area (Å²) in [6.45, 7) is 16.7. The molecule has 0 spiro atoms. The van der Waals surface area contributed by atoms with Crippen LogP contribution in [0.3, 0.4) is 0 Å². The molecule has 0 atom stereocenters. The van der Waals surface area contributed by atoms with Crippen LogP contribution in [-0.4, -0.2) is 52.5 Å². The van der Waals surface area contributed by atoms with Crippen LogP contribution in [0.5, 0.6) is 0 Å². The van der Waals surface area contributed by atoms with Gasteiger partial charge in [0.2, 0.25) is 9.84 Å².